The third kappa shape index (κ3) is 6.05. The fourth-order valence-electron chi connectivity index (χ4n) is 5.00. The Morgan fingerprint density at radius 3 is 1.93 bits per heavy atom. The first-order valence-electron chi connectivity index (χ1n) is 10.3. The Hall–Kier alpha value is 0.940. The van der Waals surface area contributed by atoms with Crippen molar-refractivity contribution in [1.29, 1.82) is 0 Å². The maximum Gasteiger partial charge on any atom is 0.138 e. The second kappa shape index (κ2) is 11.7. The van der Waals surface area contributed by atoms with E-state index in [0.29, 0.717) is 6.61 Å². The summed E-state index contributed by atoms with van der Waals surface area (Å²) in [5.41, 5.74) is 0.751. The summed E-state index contributed by atoms with van der Waals surface area (Å²) in [7, 11) is 0. The minimum absolute atomic E-state index is 0. The number of hydrogen-bond donors (Lipinski definition) is 1. The molecule has 0 bridgehead atoms. The third-order valence-electron chi connectivity index (χ3n) is 6.39. The van der Waals surface area contributed by atoms with Gasteiger partial charge in [0.2, 0.25) is 0 Å². The zero-order valence-electron chi connectivity index (χ0n) is 16.7. The van der Waals surface area contributed by atoms with E-state index in [1.54, 1.807) is 0 Å². The van der Waals surface area contributed by atoms with E-state index in [1.807, 2.05) is 0 Å². The molecule has 0 aromatic heterocycles. The molecule has 0 spiro atoms. The molecule has 1 aromatic carbocycles. The van der Waals surface area contributed by atoms with Crippen LogP contribution >= 0.6 is 70.0 Å². The van der Waals surface area contributed by atoms with Gasteiger partial charge < -0.3 is 19.6 Å². The van der Waals surface area contributed by atoms with E-state index in [2.05, 4.69) is 67.1 Å². The molecule has 1 atom stereocenters. The van der Waals surface area contributed by atoms with Gasteiger partial charge in [-0.05, 0) is 109 Å². The molecule has 0 amide bonds. The monoisotopic (exact) mass is 668 g/mol. The number of aliphatic hydroxyl groups is 1. The summed E-state index contributed by atoms with van der Waals surface area (Å²) in [5, 5.41) is 11.6. The van der Waals surface area contributed by atoms with Gasteiger partial charge in [-0.2, -0.15) is 0 Å². The molecule has 3 heterocycles. The van der Waals surface area contributed by atoms with Crippen molar-refractivity contribution >= 4 is 70.0 Å². The topological polar surface area (TPSA) is 35.9 Å². The predicted molar refractivity (Wildman–Crippen MR) is 140 cm³/mol. The second-order valence-electron chi connectivity index (χ2n) is 8.53. The Balaban J connectivity index is 0.00000150. The molecule has 4 nitrogen and oxygen atoms in total. The Morgan fingerprint density at radius 1 is 0.897 bits per heavy atom. The Morgan fingerprint density at radius 2 is 1.41 bits per heavy atom. The highest BCUT2D eigenvalue weighted by Gasteiger charge is 2.47. The molecule has 4 rings (SSSR count). The SMILES string of the molecule is Cl.Cl.OC1c2cc(I)cc(I)c2OCC1(CN1CCCCC1)CN1CCCCC1. The normalized spacial score (nSPS) is 24.6. The van der Waals surface area contributed by atoms with E-state index in [9.17, 15) is 5.11 Å². The molecule has 1 unspecified atom stereocenters. The van der Waals surface area contributed by atoms with E-state index in [4.69, 9.17) is 4.74 Å². The highest BCUT2D eigenvalue weighted by molar-refractivity contribution is 14.1. The summed E-state index contributed by atoms with van der Waals surface area (Å²) >= 11 is 4.69. The van der Waals surface area contributed by atoms with E-state index in [-0.39, 0.29) is 30.2 Å². The minimum atomic E-state index is -0.465. The van der Waals surface area contributed by atoms with Crippen LogP contribution in [-0.4, -0.2) is 60.8 Å². The third-order valence-corrected chi connectivity index (χ3v) is 7.81. The fourth-order valence-corrected chi connectivity index (χ4v) is 7.05. The Labute approximate surface area is 214 Å². The first-order chi connectivity index (χ1) is 13.1. The summed E-state index contributed by atoms with van der Waals surface area (Å²) in [6.07, 6.45) is 7.34. The highest BCUT2D eigenvalue weighted by Crippen LogP contribution is 2.47. The van der Waals surface area contributed by atoms with Gasteiger partial charge in [0.1, 0.15) is 5.75 Å². The van der Waals surface area contributed by atoms with Crippen LogP contribution in [0.1, 0.15) is 50.2 Å². The van der Waals surface area contributed by atoms with Gasteiger partial charge in [0.15, 0.2) is 0 Å². The van der Waals surface area contributed by atoms with Crippen molar-refractivity contribution in [1.82, 2.24) is 9.80 Å². The smallest absolute Gasteiger partial charge is 0.138 e. The van der Waals surface area contributed by atoms with E-state index in [1.165, 1.54) is 42.1 Å². The first kappa shape index (κ1) is 26.2. The molecule has 3 aliphatic heterocycles. The lowest BCUT2D eigenvalue weighted by Crippen LogP contribution is -2.55. The van der Waals surface area contributed by atoms with Crippen LogP contribution in [0.2, 0.25) is 0 Å². The van der Waals surface area contributed by atoms with Crippen molar-refractivity contribution in [3.8, 4) is 5.75 Å². The van der Waals surface area contributed by atoms with Crippen LogP contribution in [0.5, 0.6) is 5.75 Å². The van der Waals surface area contributed by atoms with Gasteiger partial charge in [-0.1, -0.05) is 12.8 Å². The molecular formula is C21H32Cl2I2N2O2. The van der Waals surface area contributed by atoms with Crippen LogP contribution < -0.4 is 4.74 Å². The molecule has 1 N–H and O–H groups in total. The molecule has 1 aromatic rings. The van der Waals surface area contributed by atoms with E-state index < -0.39 is 6.10 Å². The maximum absolute atomic E-state index is 11.6. The second-order valence-corrected chi connectivity index (χ2v) is 10.9. The van der Waals surface area contributed by atoms with Gasteiger partial charge in [0.05, 0.1) is 21.7 Å². The first-order valence-corrected chi connectivity index (χ1v) is 12.5. The molecule has 0 radical (unpaired) electrons. The maximum atomic E-state index is 11.6. The molecule has 29 heavy (non-hydrogen) atoms. The lowest BCUT2D eigenvalue weighted by atomic mass is 9.76. The number of hydrogen-bond acceptors (Lipinski definition) is 4. The average molecular weight is 669 g/mol. The number of aliphatic hydroxyl groups excluding tert-OH is 1. The zero-order valence-corrected chi connectivity index (χ0v) is 22.7. The van der Waals surface area contributed by atoms with Crippen LogP contribution in [0.3, 0.4) is 0 Å². The summed E-state index contributed by atoms with van der Waals surface area (Å²) in [6.45, 7) is 7.12. The fraction of sp³-hybridized carbons (Fsp3) is 0.714. The van der Waals surface area contributed by atoms with E-state index >= 15 is 0 Å². The quantitative estimate of drug-likeness (QED) is 0.452. The average Bonchev–Trinajstić information content (AvgIpc) is 2.67. The molecule has 2 fully saturated rings. The number of ether oxygens (including phenoxy) is 1. The van der Waals surface area contributed by atoms with Crippen LogP contribution in [0.4, 0.5) is 0 Å². The van der Waals surface area contributed by atoms with Gasteiger partial charge in [0, 0.05) is 22.2 Å². The van der Waals surface area contributed by atoms with Crippen molar-refractivity contribution in [3.63, 3.8) is 0 Å². The number of halogens is 4. The van der Waals surface area contributed by atoms with Crippen molar-refractivity contribution in [3.05, 3.63) is 24.8 Å². The molecule has 0 saturated carbocycles. The summed E-state index contributed by atoms with van der Waals surface area (Å²) in [6, 6.07) is 4.26. The number of fused-ring (bicyclic) bond motifs is 1. The predicted octanol–water partition coefficient (Wildman–Crippen LogP) is 5.12. The van der Waals surface area contributed by atoms with Crippen LogP contribution in [-0.2, 0) is 0 Å². The Kier molecular flexibility index (Phi) is 10.6. The summed E-state index contributed by atoms with van der Waals surface area (Å²) < 4.78 is 8.64. The zero-order chi connectivity index (χ0) is 18.9. The number of likely N-dealkylation sites (tertiary alicyclic amines) is 2. The number of nitrogens with zero attached hydrogens (tertiary/aromatic N) is 2. The largest absolute Gasteiger partial charge is 0.491 e. The lowest BCUT2D eigenvalue weighted by molar-refractivity contribution is -0.0750. The van der Waals surface area contributed by atoms with Crippen molar-refractivity contribution in [2.45, 2.75) is 44.6 Å². The highest BCUT2D eigenvalue weighted by atomic mass is 127. The van der Waals surface area contributed by atoms with Gasteiger partial charge in [-0.25, -0.2) is 0 Å². The van der Waals surface area contributed by atoms with Crippen molar-refractivity contribution < 1.29 is 9.84 Å². The summed E-state index contributed by atoms with van der Waals surface area (Å²) in [4.78, 5) is 5.15. The van der Waals surface area contributed by atoms with Gasteiger partial charge in [0.25, 0.3) is 0 Å². The number of rotatable bonds is 4. The molecule has 2 saturated heterocycles. The molecule has 166 valence electrons. The van der Waals surface area contributed by atoms with Gasteiger partial charge in [-0.3, -0.25) is 0 Å². The van der Waals surface area contributed by atoms with Crippen molar-refractivity contribution in [2.24, 2.45) is 5.41 Å². The number of piperidine rings is 2. The summed E-state index contributed by atoms with van der Waals surface area (Å²) in [5.74, 6) is 0.899. The Bertz CT molecular complexity index is 648. The van der Waals surface area contributed by atoms with Crippen LogP contribution in [0, 0.1) is 12.6 Å². The van der Waals surface area contributed by atoms with Crippen molar-refractivity contribution in [2.75, 3.05) is 45.9 Å². The van der Waals surface area contributed by atoms with Crippen LogP contribution in [0.15, 0.2) is 12.1 Å². The standard InChI is InChI=1S/C21H30I2N2O2.2ClH/c22-16-11-17-19(18(23)12-16)27-15-21(20(17)26,13-24-7-3-1-4-8-24)14-25-9-5-2-6-10-25;;/h11-12,20,26H,1-10,13-15H2;2*1H. The minimum Gasteiger partial charge on any atom is -0.491 e. The number of benzene rings is 1. The molecular weight excluding hydrogens is 637 g/mol. The van der Waals surface area contributed by atoms with Gasteiger partial charge >= 0.3 is 0 Å². The van der Waals surface area contributed by atoms with Crippen LogP contribution in [0.25, 0.3) is 0 Å². The molecule has 3 aliphatic rings. The molecule has 0 aliphatic carbocycles. The van der Waals surface area contributed by atoms with Gasteiger partial charge in [-0.15, -0.1) is 24.8 Å². The molecule has 8 heteroatoms. The lowest BCUT2D eigenvalue weighted by Gasteiger charge is -2.48. The van der Waals surface area contributed by atoms with E-state index in [0.717, 1.165) is 54.2 Å².